The summed E-state index contributed by atoms with van der Waals surface area (Å²) in [4.78, 5) is 16.7. The maximum absolute atomic E-state index is 12.5. The number of carbonyl (C=O) groups is 1. The third kappa shape index (κ3) is 5.58. The Bertz CT molecular complexity index is 698. The van der Waals surface area contributed by atoms with Gasteiger partial charge in [0.05, 0.1) is 0 Å². The Morgan fingerprint density at radius 3 is 2.42 bits per heavy atom. The Kier molecular flexibility index (Phi) is 7.19. The lowest BCUT2D eigenvalue weighted by Crippen LogP contribution is -2.39. The molecule has 0 radical (unpaired) electrons. The molecule has 0 aliphatic carbocycles. The molecule has 4 heteroatoms. The van der Waals surface area contributed by atoms with Gasteiger partial charge in [-0.15, -0.1) is 0 Å². The molecule has 0 bridgehead atoms. The predicted octanol–water partition coefficient (Wildman–Crippen LogP) is 4.53. The van der Waals surface area contributed by atoms with Crippen molar-refractivity contribution in [1.82, 2.24) is 10.3 Å². The summed E-state index contributed by atoms with van der Waals surface area (Å²) in [7, 11) is 0. The van der Waals surface area contributed by atoms with Crippen LogP contribution in [0.4, 0.5) is 0 Å². The van der Waals surface area contributed by atoms with Crippen molar-refractivity contribution in [2.75, 3.05) is 6.54 Å². The van der Waals surface area contributed by atoms with Crippen molar-refractivity contribution in [3.8, 4) is 5.75 Å². The van der Waals surface area contributed by atoms with Crippen molar-refractivity contribution >= 4 is 5.91 Å². The van der Waals surface area contributed by atoms with Crippen LogP contribution in [0.5, 0.6) is 5.75 Å². The molecular formula is C22H30N2O2. The van der Waals surface area contributed by atoms with Crippen LogP contribution >= 0.6 is 0 Å². The second-order valence-electron chi connectivity index (χ2n) is 7.37. The van der Waals surface area contributed by atoms with E-state index in [4.69, 9.17) is 4.74 Å². The van der Waals surface area contributed by atoms with E-state index in [1.165, 1.54) is 5.56 Å². The number of hydrogen-bond donors (Lipinski definition) is 1. The number of carbonyl (C=O) groups excluding carboxylic acids is 1. The Morgan fingerprint density at radius 2 is 1.81 bits per heavy atom. The largest absolute Gasteiger partial charge is 0.481 e. The zero-order chi connectivity index (χ0) is 19.1. The van der Waals surface area contributed by atoms with E-state index in [1.807, 2.05) is 30.5 Å². The van der Waals surface area contributed by atoms with E-state index < -0.39 is 6.10 Å². The molecule has 1 N–H and O–H groups in total. The van der Waals surface area contributed by atoms with Gasteiger partial charge in [-0.25, -0.2) is 0 Å². The van der Waals surface area contributed by atoms with Gasteiger partial charge in [-0.3, -0.25) is 9.78 Å². The zero-order valence-electron chi connectivity index (χ0n) is 16.4. The highest BCUT2D eigenvalue weighted by molar-refractivity contribution is 5.80. The normalized spacial score (nSPS) is 13.5. The van der Waals surface area contributed by atoms with E-state index in [1.54, 1.807) is 13.1 Å². The van der Waals surface area contributed by atoms with Gasteiger partial charge in [0, 0.05) is 24.9 Å². The van der Waals surface area contributed by atoms with E-state index in [9.17, 15) is 4.79 Å². The highest BCUT2D eigenvalue weighted by atomic mass is 16.5. The first-order chi connectivity index (χ1) is 12.4. The summed E-state index contributed by atoms with van der Waals surface area (Å²) in [5.74, 6) is 1.68. The first-order valence-electron chi connectivity index (χ1n) is 9.32. The minimum atomic E-state index is -0.542. The molecule has 2 atom stereocenters. The van der Waals surface area contributed by atoms with Gasteiger partial charge in [0.2, 0.25) is 0 Å². The molecule has 1 aromatic carbocycles. The van der Waals surface area contributed by atoms with Gasteiger partial charge < -0.3 is 10.1 Å². The number of amides is 1. The summed E-state index contributed by atoms with van der Waals surface area (Å²) in [5, 5.41) is 3.03. The number of aromatic nitrogens is 1. The average Bonchev–Trinajstić information content (AvgIpc) is 2.62. The molecule has 26 heavy (non-hydrogen) atoms. The Labute approximate surface area is 157 Å². The average molecular weight is 354 g/mol. The third-order valence-corrected chi connectivity index (χ3v) is 4.62. The fourth-order valence-electron chi connectivity index (χ4n) is 2.89. The fraction of sp³-hybridized carbons (Fsp3) is 0.455. The van der Waals surface area contributed by atoms with Gasteiger partial charge in [0.1, 0.15) is 5.75 Å². The summed E-state index contributed by atoms with van der Waals surface area (Å²) >= 11 is 0. The Morgan fingerprint density at radius 1 is 1.08 bits per heavy atom. The summed E-state index contributed by atoms with van der Waals surface area (Å²) in [6, 6.07) is 11.9. The summed E-state index contributed by atoms with van der Waals surface area (Å²) < 4.78 is 5.84. The van der Waals surface area contributed by atoms with E-state index in [0.29, 0.717) is 18.4 Å². The summed E-state index contributed by atoms with van der Waals surface area (Å²) in [5.41, 5.74) is 2.34. The number of nitrogens with zero attached hydrogens (tertiary/aromatic N) is 1. The molecule has 1 amide bonds. The first-order valence-corrected chi connectivity index (χ1v) is 9.32. The molecule has 0 fully saturated rings. The second kappa shape index (κ2) is 9.37. The quantitative estimate of drug-likeness (QED) is 0.758. The smallest absolute Gasteiger partial charge is 0.260 e. The number of nitrogens with one attached hydrogen (secondary N) is 1. The van der Waals surface area contributed by atoms with Crippen LogP contribution in [0.3, 0.4) is 0 Å². The maximum atomic E-state index is 12.5. The van der Waals surface area contributed by atoms with E-state index in [0.717, 1.165) is 11.3 Å². The highest BCUT2D eigenvalue weighted by Gasteiger charge is 2.20. The van der Waals surface area contributed by atoms with Crippen molar-refractivity contribution in [2.24, 2.45) is 5.92 Å². The van der Waals surface area contributed by atoms with Gasteiger partial charge >= 0.3 is 0 Å². The minimum Gasteiger partial charge on any atom is -0.481 e. The molecule has 0 unspecified atom stereocenters. The molecule has 4 nitrogen and oxygen atoms in total. The standard InChI is InChI=1S/C22H30N2O2/c1-15(2)18-8-6-10-20(12-18)26-17(5)22(25)24-14-21(16(3)4)19-9-7-11-23-13-19/h6-13,15-17,21H,14H2,1-5H3,(H,24,25)/t17-,21-/m0/s1. The molecule has 0 aliphatic rings. The molecule has 0 saturated carbocycles. The van der Waals surface area contributed by atoms with E-state index >= 15 is 0 Å². The van der Waals surface area contributed by atoms with Gasteiger partial charge in [-0.2, -0.15) is 0 Å². The van der Waals surface area contributed by atoms with Crippen molar-refractivity contribution in [1.29, 1.82) is 0 Å². The number of benzene rings is 1. The topological polar surface area (TPSA) is 51.2 Å². The van der Waals surface area contributed by atoms with Crippen LogP contribution in [-0.4, -0.2) is 23.5 Å². The number of pyridine rings is 1. The monoisotopic (exact) mass is 354 g/mol. The third-order valence-electron chi connectivity index (χ3n) is 4.62. The predicted molar refractivity (Wildman–Crippen MR) is 105 cm³/mol. The van der Waals surface area contributed by atoms with Crippen LogP contribution in [0, 0.1) is 5.92 Å². The van der Waals surface area contributed by atoms with E-state index in [2.05, 4.69) is 50.1 Å². The number of hydrogen-bond acceptors (Lipinski definition) is 3. The molecule has 140 valence electrons. The highest BCUT2D eigenvalue weighted by Crippen LogP contribution is 2.23. The van der Waals surface area contributed by atoms with Gasteiger partial charge in [-0.05, 0) is 48.1 Å². The summed E-state index contributed by atoms with van der Waals surface area (Å²) in [6.07, 6.45) is 3.09. The van der Waals surface area contributed by atoms with Crippen molar-refractivity contribution in [2.45, 2.75) is 52.6 Å². The van der Waals surface area contributed by atoms with Gasteiger partial charge in [0.25, 0.3) is 5.91 Å². The van der Waals surface area contributed by atoms with E-state index in [-0.39, 0.29) is 11.8 Å². The van der Waals surface area contributed by atoms with Crippen LogP contribution in [0.15, 0.2) is 48.8 Å². The Hall–Kier alpha value is -2.36. The first kappa shape index (κ1) is 20.0. The molecule has 1 heterocycles. The molecule has 2 aromatic rings. The maximum Gasteiger partial charge on any atom is 0.260 e. The number of rotatable bonds is 8. The lowest BCUT2D eigenvalue weighted by atomic mass is 9.89. The fourth-order valence-corrected chi connectivity index (χ4v) is 2.89. The molecule has 0 spiro atoms. The van der Waals surface area contributed by atoms with Crippen molar-refractivity contribution < 1.29 is 9.53 Å². The van der Waals surface area contributed by atoms with Gasteiger partial charge in [0.15, 0.2) is 6.10 Å². The SMILES string of the molecule is CC(C)c1cccc(O[C@@H](C)C(=O)NC[C@H](c2cccnc2)C(C)C)c1. The molecule has 0 saturated heterocycles. The van der Waals surface area contributed by atoms with Crippen molar-refractivity contribution in [3.63, 3.8) is 0 Å². The summed E-state index contributed by atoms with van der Waals surface area (Å²) in [6.45, 7) is 10.9. The number of ether oxygens (including phenoxy) is 1. The molecule has 0 aliphatic heterocycles. The van der Waals surface area contributed by atoms with Crippen molar-refractivity contribution in [3.05, 3.63) is 59.9 Å². The van der Waals surface area contributed by atoms with Crippen LogP contribution in [0.1, 0.15) is 57.6 Å². The lowest BCUT2D eigenvalue weighted by molar-refractivity contribution is -0.127. The van der Waals surface area contributed by atoms with Crippen LogP contribution in [0.25, 0.3) is 0 Å². The second-order valence-corrected chi connectivity index (χ2v) is 7.37. The molecular weight excluding hydrogens is 324 g/mol. The Balaban J connectivity index is 1.95. The molecule has 2 rings (SSSR count). The van der Waals surface area contributed by atoms with Crippen LogP contribution < -0.4 is 10.1 Å². The van der Waals surface area contributed by atoms with Crippen LogP contribution in [-0.2, 0) is 4.79 Å². The molecule has 1 aromatic heterocycles. The van der Waals surface area contributed by atoms with Crippen LogP contribution in [0.2, 0.25) is 0 Å². The zero-order valence-corrected chi connectivity index (χ0v) is 16.4. The minimum absolute atomic E-state index is 0.102. The lowest BCUT2D eigenvalue weighted by Gasteiger charge is -2.23. The van der Waals surface area contributed by atoms with Gasteiger partial charge in [-0.1, -0.05) is 45.9 Å².